The molecule has 1 aromatic heterocycles. The monoisotopic (exact) mass is 195 g/mol. The van der Waals surface area contributed by atoms with Gasteiger partial charge in [-0.15, -0.1) is 0 Å². The molecular weight excluding hydrogens is 186 g/mol. The number of hydrogen-bond donors (Lipinski definition) is 1. The van der Waals surface area contributed by atoms with E-state index in [4.69, 9.17) is 4.74 Å². The zero-order valence-electron chi connectivity index (χ0n) is 7.56. The molecule has 0 aliphatic heterocycles. The van der Waals surface area contributed by atoms with E-state index in [1.807, 2.05) is 0 Å². The van der Waals surface area contributed by atoms with Gasteiger partial charge in [-0.25, -0.2) is 14.8 Å². The third-order valence-corrected chi connectivity index (χ3v) is 1.37. The van der Waals surface area contributed by atoms with Crippen molar-refractivity contribution in [3.63, 3.8) is 0 Å². The van der Waals surface area contributed by atoms with Gasteiger partial charge in [0.1, 0.15) is 12.6 Å². The molecule has 6 heteroatoms. The quantitative estimate of drug-likeness (QED) is 0.690. The van der Waals surface area contributed by atoms with E-state index >= 15 is 0 Å². The second-order valence-electron chi connectivity index (χ2n) is 2.45. The van der Waals surface area contributed by atoms with E-state index in [0.29, 0.717) is 11.8 Å². The highest BCUT2D eigenvalue weighted by Gasteiger charge is 2.06. The van der Waals surface area contributed by atoms with E-state index in [9.17, 15) is 9.59 Å². The molecule has 1 amide bonds. The van der Waals surface area contributed by atoms with Gasteiger partial charge in [-0.2, -0.15) is 0 Å². The topological polar surface area (TPSA) is 81.2 Å². The maximum atomic E-state index is 11.0. The van der Waals surface area contributed by atoms with Crippen molar-refractivity contribution in [1.82, 2.24) is 15.3 Å². The smallest absolute Gasteiger partial charge is 0.391 e. The molecule has 0 spiro atoms. The van der Waals surface area contributed by atoms with Crippen LogP contribution < -0.4 is 10.1 Å². The van der Waals surface area contributed by atoms with Crippen LogP contribution in [0.15, 0.2) is 12.5 Å². The van der Waals surface area contributed by atoms with Crippen molar-refractivity contribution in [2.24, 2.45) is 0 Å². The first-order chi connectivity index (χ1) is 6.74. The van der Waals surface area contributed by atoms with Gasteiger partial charge in [0.25, 0.3) is 0 Å². The second kappa shape index (κ2) is 4.90. The number of nitrogens with one attached hydrogen (secondary N) is 1. The molecule has 1 aromatic rings. The molecule has 1 heterocycles. The van der Waals surface area contributed by atoms with Gasteiger partial charge >= 0.3 is 6.09 Å². The summed E-state index contributed by atoms with van der Waals surface area (Å²) in [6.07, 6.45) is 2.65. The largest absolute Gasteiger partial charge is 0.414 e. The van der Waals surface area contributed by atoms with E-state index < -0.39 is 6.09 Å². The van der Waals surface area contributed by atoms with Crippen LogP contribution in [0, 0.1) is 6.92 Å². The van der Waals surface area contributed by atoms with Crippen molar-refractivity contribution in [3.05, 3.63) is 18.1 Å². The van der Waals surface area contributed by atoms with Gasteiger partial charge in [-0.1, -0.05) is 0 Å². The molecule has 0 saturated carbocycles. The number of aldehydes is 1. The Kier molecular flexibility index (Phi) is 3.54. The van der Waals surface area contributed by atoms with E-state index in [-0.39, 0.29) is 12.4 Å². The number of nitrogens with zero attached hydrogens (tertiary/aromatic N) is 2. The van der Waals surface area contributed by atoms with E-state index in [1.54, 1.807) is 6.92 Å². The molecule has 6 nitrogen and oxygen atoms in total. The van der Waals surface area contributed by atoms with Crippen LogP contribution in [0.5, 0.6) is 5.88 Å². The third kappa shape index (κ3) is 2.81. The summed E-state index contributed by atoms with van der Waals surface area (Å²) in [7, 11) is 0. The first-order valence-corrected chi connectivity index (χ1v) is 3.90. The Morgan fingerprint density at radius 3 is 3.14 bits per heavy atom. The number of aryl methyl sites for hydroxylation is 1. The van der Waals surface area contributed by atoms with Crippen LogP contribution >= 0.6 is 0 Å². The summed E-state index contributed by atoms with van der Waals surface area (Å²) in [5.41, 5.74) is 0.647. The fourth-order valence-electron chi connectivity index (χ4n) is 0.744. The maximum absolute atomic E-state index is 11.0. The van der Waals surface area contributed by atoms with Crippen molar-refractivity contribution in [2.45, 2.75) is 6.92 Å². The highest BCUT2D eigenvalue weighted by Crippen LogP contribution is 2.10. The van der Waals surface area contributed by atoms with Crippen molar-refractivity contribution < 1.29 is 14.3 Å². The maximum Gasteiger partial charge on any atom is 0.414 e. The fourth-order valence-corrected chi connectivity index (χ4v) is 0.744. The van der Waals surface area contributed by atoms with Crippen LogP contribution in [0.3, 0.4) is 0 Å². The lowest BCUT2D eigenvalue weighted by molar-refractivity contribution is -0.107. The highest BCUT2D eigenvalue weighted by atomic mass is 16.6. The number of amides is 1. The van der Waals surface area contributed by atoms with Crippen LogP contribution in [0.4, 0.5) is 4.79 Å². The molecule has 14 heavy (non-hydrogen) atoms. The van der Waals surface area contributed by atoms with Gasteiger partial charge < -0.3 is 14.8 Å². The molecule has 1 N–H and O–H groups in total. The lowest BCUT2D eigenvalue weighted by Gasteiger charge is -2.04. The second-order valence-corrected chi connectivity index (χ2v) is 2.45. The molecule has 0 aliphatic rings. The summed E-state index contributed by atoms with van der Waals surface area (Å²) in [5, 5.41) is 2.22. The van der Waals surface area contributed by atoms with E-state index in [0.717, 1.165) is 0 Å². The molecule has 0 aliphatic carbocycles. The van der Waals surface area contributed by atoms with Crippen LogP contribution in [0.1, 0.15) is 5.56 Å². The summed E-state index contributed by atoms with van der Waals surface area (Å²) in [4.78, 5) is 28.4. The number of aromatic nitrogens is 2. The molecule has 0 unspecified atom stereocenters. The van der Waals surface area contributed by atoms with Gasteiger partial charge in [0.15, 0.2) is 0 Å². The van der Waals surface area contributed by atoms with Gasteiger partial charge in [0.2, 0.25) is 5.88 Å². The summed E-state index contributed by atoms with van der Waals surface area (Å²) >= 11 is 0. The van der Waals surface area contributed by atoms with E-state index in [1.165, 1.54) is 12.5 Å². The van der Waals surface area contributed by atoms with Crippen LogP contribution in [-0.4, -0.2) is 28.9 Å². The Hall–Kier alpha value is -1.98. The predicted molar refractivity (Wildman–Crippen MR) is 46.9 cm³/mol. The fraction of sp³-hybridized carbons (Fsp3) is 0.250. The normalized spacial score (nSPS) is 9.21. The lowest BCUT2D eigenvalue weighted by atomic mass is 10.4. The van der Waals surface area contributed by atoms with Crippen LogP contribution in [-0.2, 0) is 4.79 Å². The van der Waals surface area contributed by atoms with Crippen LogP contribution in [0.25, 0.3) is 0 Å². The van der Waals surface area contributed by atoms with Crippen molar-refractivity contribution in [1.29, 1.82) is 0 Å². The van der Waals surface area contributed by atoms with Gasteiger partial charge in [-0.3, -0.25) is 0 Å². The Labute approximate surface area is 80.3 Å². The standard InChI is InChI=1S/C8H9N3O3/c1-6-4-9-5-11-7(6)14-8(13)10-2-3-12/h3-5H,2H2,1H3,(H,10,13). The first-order valence-electron chi connectivity index (χ1n) is 3.90. The Morgan fingerprint density at radius 1 is 1.71 bits per heavy atom. The minimum Gasteiger partial charge on any atom is -0.391 e. The molecule has 0 saturated heterocycles. The SMILES string of the molecule is Cc1cncnc1OC(=O)NCC=O. The van der Waals surface area contributed by atoms with Gasteiger partial charge in [0, 0.05) is 11.8 Å². The average molecular weight is 195 g/mol. The predicted octanol–water partition coefficient (Wildman–Crippen LogP) is 0.0723. The molecule has 0 radical (unpaired) electrons. The summed E-state index contributed by atoms with van der Waals surface area (Å²) in [5.74, 6) is 0.184. The summed E-state index contributed by atoms with van der Waals surface area (Å²) in [6, 6.07) is 0. The zero-order valence-corrected chi connectivity index (χ0v) is 7.56. The lowest BCUT2D eigenvalue weighted by Crippen LogP contribution is -2.28. The van der Waals surface area contributed by atoms with Gasteiger partial charge in [-0.05, 0) is 6.92 Å². The Morgan fingerprint density at radius 2 is 2.50 bits per heavy atom. The minimum atomic E-state index is -0.709. The Balaban J connectivity index is 2.56. The zero-order chi connectivity index (χ0) is 10.4. The number of ether oxygens (including phenoxy) is 1. The van der Waals surface area contributed by atoms with Gasteiger partial charge in [0.05, 0.1) is 6.54 Å². The molecular formula is C8H9N3O3. The first kappa shape index (κ1) is 10.1. The van der Waals surface area contributed by atoms with Crippen molar-refractivity contribution in [3.8, 4) is 5.88 Å². The number of carbonyl (C=O) groups is 2. The average Bonchev–Trinajstić information content (AvgIpc) is 2.18. The summed E-state index contributed by atoms with van der Waals surface area (Å²) in [6.45, 7) is 1.63. The highest BCUT2D eigenvalue weighted by molar-refractivity contribution is 5.73. The molecule has 1 rings (SSSR count). The number of carbonyl (C=O) groups excluding carboxylic acids is 2. The van der Waals surface area contributed by atoms with E-state index in [2.05, 4.69) is 15.3 Å². The van der Waals surface area contributed by atoms with Crippen LogP contribution in [0.2, 0.25) is 0 Å². The minimum absolute atomic E-state index is 0.0804. The molecule has 0 bridgehead atoms. The molecule has 0 atom stereocenters. The molecule has 0 fully saturated rings. The number of rotatable bonds is 3. The third-order valence-electron chi connectivity index (χ3n) is 1.37. The van der Waals surface area contributed by atoms with Crippen molar-refractivity contribution in [2.75, 3.05) is 6.54 Å². The van der Waals surface area contributed by atoms with Crippen molar-refractivity contribution >= 4 is 12.4 Å². The number of hydrogen-bond acceptors (Lipinski definition) is 5. The summed E-state index contributed by atoms with van der Waals surface area (Å²) < 4.78 is 4.79. The Bertz CT molecular complexity index is 340. The molecule has 0 aromatic carbocycles. The molecule has 74 valence electrons.